The summed E-state index contributed by atoms with van der Waals surface area (Å²) in [6, 6.07) is 6.51. The molecule has 214 valence electrons. The van der Waals surface area contributed by atoms with E-state index in [0.29, 0.717) is 12.8 Å². The number of alkyl carbamates (subject to hydrolysis) is 1. The second-order valence-corrected chi connectivity index (χ2v) is 11.9. The van der Waals surface area contributed by atoms with Gasteiger partial charge >= 0.3 is 6.09 Å². The Hall–Kier alpha value is -2.49. The van der Waals surface area contributed by atoms with E-state index in [4.69, 9.17) is 10.5 Å². The van der Waals surface area contributed by atoms with Crippen molar-refractivity contribution in [1.82, 2.24) is 10.2 Å². The lowest BCUT2D eigenvalue weighted by Crippen LogP contribution is -2.56. The predicted molar refractivity (Wildman–Crippen MR) is 146 cm³/mol. The molecule has 2 rings (SSSR count). The number of nitrogens with one attached hydrogen (secondary N) is 1. The summed E-state index contributed by atoms with van der Waals surface area (Å²) in [6.07, 6.45) is 2.40. The van der Waals surface area contributed by atoms with Gasteiger partial charge in [0.2, 0.25) is 5.91 Å². The highest BCUT2D eigenvalue weighted by Gasteiger charge is 2.36. The molecule has 9 nitrogen and oxygen atoms in total. The summed E-state index contributed by atoms with van der Waals surface area (Å²) in [4.78, 5) is 40.1. The summed E-state index contributed by atoms with van der Waals surface area (Å²) in [7, 11) is 0. The number of carbonyl (C=O) groups excluding carboxylic acids is 3. The number of hydrogen-bond acceptors (Lipinski definition) is 7. The lowest BCUT2D eigenvalue weighted by atomic mass is 9.83. The first-order valence-electron chi connectivity index (χ1n) is 13.8. The first-order chi connectivity index (χ1) is 17.8. The van der Waals surface area contributed by atoms with Crippen LogP contribution in [0.15, 0.2) is 30.3 Å². The fraction of sp³-hybridized carbons (Fsp3) is 0.690. The van der Waals surface area contributed by atoms with Crippen LogP contribution in [-0.4, -0.2) is 69.5 Å². The molecule has 4 atom stereocenters. The van der Waals surface area contributed by atoms with Crippen LogP contribution in [0.5, 0.6) is 0 Å². The number of aliphatic hydroxyl groups excluding tert-OH is 2. The van der Waals surface area contributed by atoms with Gasteiger partial charge < -0.3 is 26.0 Å². The molecule has 0 spiro atoms. The van der Waals surface area contributed by atoms with E-state index in [1.54, 1.807) is 51.1 Å². The number of hydrogen-bond donors (Lipinski definition) is 4. The molecule has 1 aromatic rings. The summed E-state index contributed by atoms with van der Waals surface area (Å²) < 4.78 is 5.39. The standard InChI is InChI=1S/C29H47N3O6/c1-19(2)16-22(30)27(36)32(26(35)21-14-10-7-11-15-21)18-24(33)25(34)23(17-20-12-8-6-9-13-20)31-28(37)38-29(3,4)5/h7,10-11,14-15,19-20,22-25,33-34H,6,8-9,12-13,16-18,30H2,1-5H3,(H,31,37)/t22-,23-,24-,25+/m0/s1. The molecule has 0 aromatic heterocycles. The van der Waals surface area contributed by atoms with Gasteiger partial charge in [0.15, 0.2) is 0 Å². The molecule has 1 aliphatic rings. The van der Waals surface area contributed by atoms with Gasteiger partial charge in [-0.3, -0.25) is 14.5 Å². The van der Waals surface area contributed by atoms with Crippen LogP contribution in [0.1, 0.15) is 89.9 Å². The Morgan fingerprint density at radius 1 is 1.08 bits per heavy atom. The molecule has 1 fully saturated rings. The van der Waals surface area contributed by atoms with Crippen LogP contribution in [0.2, 0.25) is 0 Å². The van der Waals surface area contributed by atoms with Crippen LogP contribution in [0.3, 0.4) is 0 Å². The molecule has 1 aromatic carbocycles. The molecule has 0 heterocycles. The third kappa shape index (κ3) is 10.3. The maximum absolute atomic E-state index is 13.3. The Morgan fingerprint density at radius 2 is 1.68 bits per heavy atom. The zero-order valence-corrected chi connectivity index (χ0v) is 23.6. The largest absolute Gasteiger partial charge is 0.444 e. The highest BCUT2D eigenvalue weighted by Crippen LogP contribution is 2.29. The highest BCUT2D eigenvalue weighted by atomic mass is 16.6. The topological polar surface area (TPSA) is 142 Å². The Labute approximate surface area is 227 Å². The molecule has 1 aliphatic carbocycles. The van der Waals surface area contributed by atoms with Gasteiger partial charge in [-0.15, -0.1) is 0 Å². The molecule has 0 radical (unpaired) electrons. The third-order valence-electron chi connectivity index (χ3n) is 6.76. The van der Waals surface area contributed by atoms with Gasteiger partial charge in [-0.25, -0.2) is 4.79 Å². The average Bonchev–Trinajstić information content (AvgIpc) is 2.85. The fourth-order valence-electron chi connectivity index (χ4n) is 4.91. The van der Waals surface area contributed by atoms with Crippen molar-refractivity contribution in [2.45, 2.75) is 109 Å². The molecule has 5 N–H and O–H groups in total. The normalized spacial score (nSPS) is 17.8. The summed E-state index contributed by atoms with van der Waals surface area (Å²) in [5, 5.41) is 25.1. The Kier molecular flexibility index (Phi) is 12.2. The fourth-order valence-corrected chi connectivity index (χ4v) is 4.91. The van der Waals surface area contributed by atoms with Gasteiger partial charge in [0.25, 0.3) is 5.91 Å². The minimum atomic E-state index is -1.51. The van der Waals surface area contributed by atoms with E-state index in [9.17, 15) is 24.6 Å². The Morgan fingerprint density at radius 3 is 2.24 bits per heavy atom. The summed E-state index contributed by atoms with van der Waals surface area (Å²) in [5.74, 6) is -0.836. The van der Waals surface area contributed by atoms with Crippen molar-refractivity contribution >= 4 is 17.9 Å². The number of nitrogens with two attached hydrogens (primary N) is 1. The monoisotopic (exact) mass is 533 g/mol. The summed E-state index contributed by atoms with van der Waals surface area (Å²) in [6.45, 7) is 8.62. The van der Waals surface area contributed by atoms with E-state index in [1.807, 2.05) is 13.8 Å². The molecule has 0 bridgehead atoms. The molecule has 38 heavy (non-hydrogen) atoms. The van der Waals surface area contributed by atoms with Crippen molar-refractivity contribution in [3.8, 4) is 0 Å². The maximum Gasteiger partial charge on any atom is 0.407 e. The van der Waals surface area contributed by atoms with Gasteiger partial charge in [0, 0.05) is 5.56 Å². The number of carbonyl (C=O) groups is 3. The van der Waals surface area contributed by atoms with Crippen LogP contribution in [-0.2, 0) is 9.53 Å². The molecule has 3 amide bonds. The van der Waals surface area contributed by atoms with E-state index in [1.165, 1.54) is 0 Å². The first-order valence-corrected chi connectivity index (χ1v) is 13.8. The van der Waals surface area contributed by atoms with Gasteiger partial charge in [-0.05, 0) is 57.6 Å². The van der Waals surface area contributed by atoms with E-state index in [-0.39, 0.29) is 17.4 Å². The number of benzene rings is 1. The van der Waals surface area contributed by atoms with Crippen molar-refractivity contribution in [1.29, 1.82) is 0 Å². The van der Waals surface area contributed by atoms with E-state index >= 15 is 0 Å². The minimum Gasteiger partial charge on any atom is -0.444 e. The van der Waals surface area contributed by atoms with Crippen molar-refractivity contribution in [3.63, 3.8) is 0 Å². The number of ether oxygens (including phenoxy) is 1. The van der Waals surface area contributed by atoms with Crippen LogP contribution >= 0.6 is 0 Å². The van der Waals surface area contributed by atoms with E-state index in [2.05, 4.69) is 5.32 Å². The molecule has 0 saturated heterocycles. The van der Waals surface area contributed by atoms with Crippen molar-refractivity contribution < 1.29 is 29.3 Å². The third-order valence-corrected chi connectivity index (χ3v) is 6.76. The minimum absolute atomic E-state index is 0.121. The smallest absolute Gasteiger partial charge is 0.407 e. The Bertz CT molecular complexity index is 895. The lowest BCUT2D eigenvalue weighted by Gasteiger charge is -2.34. The van der Waals surface area contributed by atoms with Crippen LogP contribution in [0.4, 0.5) is 4.79 Å². The van der Waals surface area contributed by atoms with Gasteiger partial charge in [0.05, 0.1) is 24.7 Å². The second-order valence-electron chi connectivity index (χ2n) is 11.9. The first kappa shape index (κ1) is 31.7. The van der Waals surface area contributed by atoms with Gasteiger partial charge in [-0.2, -0.15) is 0 Å². The number of imide groups is 1. The number of aliphatic hydroxyl groups is 2. The number of rotatable bonds is 11. The van der Waals surface area contributed by atoms with Crippen molar-refractivity contribution in [3.05, 3.63) is 35.9 Å². The average molecular weight is 534 g/mol. The molecule has 9 heteroatoms. The van der Waals surface area contributed by atoms with Crippen LogP contribution in [0, 0.1) is 11.8 Å². The Balaban J connectivity index is 2.26. The summed E-state index contributed by atoms with van der Waals surface area (Å²) >= 11 is 0. The zero-order chi connectivity index (χ0) is 28.5. The number of amides is 3. The zero-order valence-electron chi connectivity index (χ0n) is 23.6. The molecular weight excluding hydrogens is 486 g/mol. The SMILES string of the molecule is CC(C)C[C@H](N)C(=O)N(C[C@H](O)[C@H](O)[C@H](CC1CCCCC1)NC(=O)OC(C)(C)C)C(=O)c1ccccc1. The summed E-state index contributed by atoms with van der Waals surface area (Å²) in [5.41, 5.74) is 5.67. The quantitative estimate of drug-likeness (QED) is 0.340. The van der Waals surface area contributed by atoms with Crippen molar-refractivity contribution in [2.75, 3.05) is 6.54 Å². The van der Waals surface area contributed by atoms with E-state index in [0.717, 1.165) is 37.0 Å². The molecular formula is C29H47N3O6. The maximum atomic E-state index is 13.3. The van der Waals surface area contributed by atoms with Crippen LogP contribution < -0.4 is 11.1 Å². The highest BCUT2D eigenvalue weighted by molar-refractivity contribution is 6.06. The lowest BCUT2D eigenvalue weighted by molar-refractivity contribution is -0.132. The van der Waals surface area contributed by atoms with Gasteiger partial charge in [-0.1, -0.05) is 64.2 Å². The van der Waals surface area contributed by atoms with Crippen molar-refractivity contribution in [2.24, 2.45) is 17.6 Å². The molecule has 0 aliphatic heterocycles. The molecule has 0 unspecified atom stereocenters. The second kappa shape index (κ2) is 14.6. The number of nitrogens with zero attached hydrogens (tertiary/aromatic N) is 1. The van der Waals surface area contributed by atoms with Gasteiger partial charge in [0.1, 0.15) is 11.7 Å². The van der Waals surface area contributed by atoms with Crippen LogP contribution in [0.25, 0.3) is 0 Å². The predicted octanol–water partition coefficient (Wildman–Crippen LogP) is 3.61. The molecule has 1 saturated carbocycles. The van der Waals surface area contributed by atoms with E-state index < -0.39 is 54.3 Å².